The van der Waals surface area contributed by atoms with E-state index in [-0.39, 0.29) is 0 Å². The van der Waals surface area contributed by atoms with Crippen LogP contribution in [0.2, 0.25) is 0 Å². The van der Waals surface area contributed by atoms with E-state index in [4.69, 9.17) is 4.74 Å². The van der Waals surface area contributed by atoms with E-state index in [9.17, 15) is 0 Å². The zero-order chi connectivity index (χ0) is 16.1. The van der Waals surface area contributed by atoms with Crippen LogP contribution in [0.5, 0.6) is 5.75 Å². The second-order valence-corrected chi connectivity index (χ2v) is 7.05. The van der Waals surface area contributed by atoms with Crippen LogP contribution < -0.4 is 4.74 Å². The van der Waals surface area contributed by atoms with Crippen LogP contribution in [-0.4, -0.2) is 50.1 Å². The van der Waals surface area contributed by atoms with Crippen molar-refractivity contribution in [2.75, 3.05) is 34.3 Å². The second-order valence-electron chi connectivity index (χ2n) is 7.05. The van der Waals surface area contributed by atoms with Gasteiger partial charge in [0.05, 0.1) is 7.11 Å². The molecule has 0 aromatic heterocycles. The molecular weight excluding hydrogens is 272 g/mol. The Bertz CT molecular complexity index is 471. The lowest BCUT2D eigenvalue weighted by atomic mass is 10.00. The molecule has 0 aliphatic carbocycles. The lowest BCUT2D eigenvalue weighted by Crippen LogP contribution is -2.30. The van der Waals surface area contributed by atoms with Crippen LogP contribution in [0, 0.1) is 0 Å². The summed E-state index contributed by atoms with van der Waals surface area (Å²) in [5.41, 5.74) is 2.73. The summed E-state index contributed by atoms with van der Waals surface area (Å²) in [5.74, 6) is 1.59. The highest BCUT2D eigenvalue weighted by molar-refractivity contribution is 5.38. The zero-order valence-corrected chi connectivity index (χ0v) is 14.9. The van der Waals surface area contributed by atoms with Crippen molar-refractivity contribution in [2.45, 2.75) is 51.6 Å². The van der Waals surface area contributed by atoms with E-state index >= 15 is 0 Å². The number of benzene rings is 1. The summed E-state index contributed by atoms with van der Waals surface area (Å²) in [6, 6.07) is 7.38. The predicted octanol–water partition coefficient (Wildman–Crippen LogP) is 3.73. The first-order chi connectivity index (χ1) is 10.5. The molecule has 0 spiro atoms. The number of methoxy groups -OCH3 is 1. The monoisotopic (exact) mass is 304 g/mol. The molecule has 0 radical (unpaired) electrons. The highest BCUT2D eigenvalue weighted by Gasteiger charge is 2.19. The Balaban J connectivity index is 2.07. The van der Waals surface area contributed by atoms with E-state index in [1.807, 2.05) is 0 Å². The molecule has 1 aromatic carbocycles. The third-order valence-electron chi connectivity index (χ3n) is 4.89. The molecule has 0 unspecified atom stereocenters. The molecule has 1 atom stereocenters. The summed E-state index contributed by atoms with van der Waals surface area (Å²) in [6.07, 6.45) is 3.86. The first kappa shape index (κ1) is 17.3. The van der Waals surface area contributed by atoms with E-state index in [1.165, 1.54) is 43.5 Å². The van der Waals surface area contributed by atoms with E-state index in [2.05, 4.69) is 55.9 Å². The topological polar surface area (TPSA) is 15.7 Å². The van der Waals surface area contributed by atoms with Gasteiger partial charge in [-0.1, -0.05) is 26.0 Å². The Morgan fingerprint density at radius 2 is 2.00 bits per heavy atom. The maximum Gasteiger partial charge on any atom is 0.123 e. The maximum atomic E-state index is 5.58. The number of ether oxygens (including phenoxy) is 1. The minimum atomic E-state index is 0.562. The molecule has 1 heterocycles. The second kappa shape index (κ2) is 7.98. The zero-order valence-electron chi connectivity index (χ0n) is 14.9. The van der Waals surface area contributed by atoms with E-state index in [0.717, 1.165) is 18.3 Å². The Morgan fingerprint density at radius 1 is 1.23 bits per heavy atom. The number of hydrogen-bond donors (Lipinski definition) is 0. The summed E-state index contributed by atoms with van der Waals surface area (Å²) in [6.45, 7) is 7.87. The Morgan fingerprint density at radius 3 is 2.64 bits per heavy atom. The van der Waals surface area contributed by atoms with E-state index < -0.39 is 0 Å². The van der Waals surface area contributed by atoms with Gasteiger partial charge in [-0.3, -0.25) is 4.90 Å². The molecule has 3 heteroatoms. The van der Waals surface area contributed by atoms with Crippen molar-refractivity contribution < 1.29 is 4.74 Å². The van der Waals surface area contributed by atoms with Gasteiger partial charge in [0.1, 0.15) is 5.75 Å². The summed E-state index contributed by atoms with van der Waals surface area (Å²) < 4.78 is 5.58. The summed E-state index contributed by atoms with van der Waals surface area (Å²) in [5, 5.41) is 0. The molecule has 124 valence electrons. The molecule has 0 N–H and O–H groups in total. The largest absolute Gasteiger partial charge is 0.496 e. The van der Waals surface area contributed by atoms with Crippen LogP contribution in [0.1, 0.15) is 50.2 Å². The van der Waals surface area contributed by atoms with Gasteiger partial charge in [-0.15, -0.1) is 0 Å². The fourth-order valence-corrected chi connectivity index (χ4v) is 3.33. The van der Waals surface area contributed by atoms with Crippen molar-refractivity contribution in [3.05, 3.63) is 29.3 Å². The smallest absolute Gasteiger partial charge is 0.123 e. The molecule has 22 heavy (non-hydrogen) atoms. The van der Waals surface area contributed by atoms with Gasteiger partial charge < -0.3 is 9.64 Å². The van der Waals surface area contributed by atoms with Gasteiger partial charge in [0.25, 0.3) is 0 Å². The fraction of sp³-hybridized carbons (Fsp3) is 0.684. The average Bonchev–Trinajstić information content (AvgIpc) is 2.72. The fourth-order valence-electron chi connectivity index (χ4n) is 3.33. The Hall–Kier alpha value is -1.06. The molecule has 1 aromatic rings. The summed E-state index contributed by atoms with van der Waals surface area (Å²) >= 11 is 0. The molecule has 0 amide bonds. The number of nitrogens with zero attached hydrogens (tertiary/aromatic N) is 2. The van der Waals surface area contributed by atoms with Gasteiger partial charge in [0.2, 0.25) is 0 Å². The number of likely N-dealkylation sites (tertiary alicyclic amines) is 1. The van der Waals surface area contributed by atoms with Crippen molar-refractivity contribution >= 4 is 0 Å². The third kappa shape index (κ3) is 4.47. The Labute approximate surface area is 136 Å². The van der Waals surface area contributed by atoms with Crippen LogP contribution in [0.4, 0.5) is 0 Å². The van der Waals surface area contributed by atoms with Gasteiger partial charge in [-0.25, -0.2) is 0 Å². The quantitative estimate of drug-likeness (QED) is 0.824. The molecule has 1 aliphatic rings. The van der Waals surface area contributed by atoms with Crippen LogP contribution >= 0.6 is 0 Å². The molecule has 2 rings (SSSR count). The van der Waals surface area contributed by atoms with Crippen LogP contribution in [0.25, 0.3) is 0 Å². The molecule has 1 saturated heterocycles. The first-order valence-corrected chi connectivity index (χ1v) is 8.57. The molecule has 0 saturated carbocycles. The SMILES string of the molecule is COc1ccc(C(C)C)cc1CN1CCC[C@@H](N(C)C)CC1. The summed E-state index contributed by atoms with van der Waals surface area (Å²) in [4.78, 5) is 4.97. The highest BCUT2D eigenvalue weighted by atomic mass is 16.5. The van der Waals surface area contributed by atoms with E-state index in [1.54, 1.807) is 7.11 Å². The van der Waals surface area contributed by atoms with Crippen molar-refractivity contribution in [1.82, 2.24) is 9.80 Å². The van der Waals surface area contributed by atoms with Gasteiger partial charge >= 0.3 is 0 Å². The normalized spacial score (nSPS) is 20.4. The van der Waals surface area contributed by atoms with Gasteiger partial charge in [-0.2, -0.15) is 0 Å². The predicted molar refractivity (Wildman–Crippen MR) is 93.7 cm³/mol. The van der Waals surface area contributed by atoms with Crippen molar-refractivity contribution in [1.29, 1.82) is 0 Å². The summed E-state index contributed by atoms with van der Waals surface area (Å²) in [7, 11) is 6.18. The highest BCUT2D eigenvalue weighted by Crippen LogP contribution is 2.26. The minimum Gasteiger partial charge on any atom is -0.496 e. The van der Waals surface area contributed by atoms with Crippen LogP contribution in [0.3, 0.4) is 0 Å². The minimum absolute atomic E-state index is 0.562. The van der Waals surface area contributed by atoms with E-state index in [0.29, 0.717) is 5.92 Å². The first-order valence-electron chi connectivity index (χ1n) is 8.57. The lowest BCUT2D eigenvalue weighted by molar-refractivity contribution is 0.243. The van der Waals surface area contributed by atoms with Crippen LogP contribution in [0.15, 0.2) is 18.2 Å². The van der Waals surface area contributed by atoms with Gasteiger partial charge in [0, 0.05) is 18.2 Å². The van der Waals surface area contributed by atoms with Crippen molar-refractivity contribution in [3.63, 3.8) is 0 Å². The molecule has 1 aliphatic heterocycles. The lowest BCUT2D eigenvalue weighted by Gasteiger charge is -2.24. The molecule has 0 bridgehead atoms. The maximum absolute atomic E-state index is 5.58. The number of rotatable bonds is 5. The van der Waals surface area contributed by atoms with Gasteiger partial charge in [0.15, 0.2) is 0 Å². The Kier molecular flexibility index (Phi) is 6.27. The van der Waals surface area contributed by atoms with Crippen molar-refractivity contribution in [2.24, 2.45) is 0 Å². The molecular formula is C19H32N2O. The van der Waals surface area contributed by atoms with Gasteiger partial charge in [-0.05, 0) is 64.0 Å². The molecule has 3 nitrogen and oxygen atoms in total. The third-order valence-corrected chi connectivity index (χ3v) is 4.89. The number of hydrogen-bond acceptors (Lipinski definition) is 3. The average molecular weight is 304 g/mol. The van der Waals surface area contributed by atoms with Crippen molar-refractivity contribution in [3.8, 4) is 5.75 Å². The molecule has 1 fully saturated rings. The van der Waals surface area contributed by atoms with Crippen LogP contribution in [-0.2, 0) is 6.54 Å². The standard InChI is InChI=1S/C19H32N2O/c1-15(2)16-8-9-19(22-5)17(13-16)14-21-11-6-7-18(10-12-21)20(3)4/h8-9,13,15,18H,6-7,10-12,14H2,1-5H3/t18-/m1/s1.